The van der Waals surface area contributed by atoms with E-state index in [1.165, 1.54) is 6.08 Å². The lowest BCUT2D eigenvalue weighted by Gasteiger charge is -2.44. The lowest BCUT2D eigenvalue weighted by molar-refractivity contribution is -0.146. The summed E-state index contributed by atoms with van der Waals surface area (Å²) >= 11 is 0. The molecule has 5 aliphatic rings. The van der Waals surface area contributed by atoms with Crippen LogP contribution in [0.2, 0.25) is 0 Å². The number of hydrogen-bond donors (Lipinski definition) is 4. The molecule has 8 atom stereocenters. The number of terminal acetylenes is 1. The number of likely N-dealkylation sites (tertiary alicyclic amines) is 1. The van der Waals surface area contributed by atoms with Gasteiger partial charge in [-0.25, -0.2) is 13.2 Å². The van der Waals surface area contributed by atoms with Crippen LogP contribution in [0.3, 0.4) is 0 Å². The molecule has 52 heavy (non-hydrogen) atoms. The molecule has 0 radical (unpaired) electrons. The van der Waals surface area contributed by atoms with Crippen LogP contribution in [0.15, 0.2) is 12.7 Å². The van der Waals surface area contributed by atoms with Gasteiger partial charge in [0, 0.05) is 19.5 Å². The summed E-state index contributed by atoms with van der Waals surface area (Å²) in [6.45, 7) is 15.1. The van der Waals surface area contributed by atoms with Crippen molar-refractivity contribution in [3.05, 3.63) is 12.7 Å². The standard InChI is InChI=1S/C39H59N5O7S/c1-9-11-15-27(30(45)33(47)40-18-10-2)41-32(46)29-28-26(37(28,6)7)22-44(29)34(48)31(38(8)16-13-12-14-17-38)42-35(49)43-39(20-24-19-25(24)21-39)23-52(50,51)36(3,4)5/h1,10,24-29,31H,2,11-23H2,3-8H3,(H,40,47)(H,41,46)(H2,42,43,49)/t24-,25+,26-,27?,28-,29-,31+,39?/m0/s1. The first kappa shape index (κ1) is 39.8. The van der Waals surface area contributed by atoms with E-state index in [2.05, 4.69) is 47.6 Å². The predicted molar refractivity (Wildman–Crippen MR) is 198 cm³/mol. The van der Waals surface area contributed by atoms with Crippen molar-refractivity contribution in [2.45, 2.75) is 134 Å². The Bertz CT molecular complexity index is 1610. The van der Waals surface area contributed by atoms with Crippen molar-refractivity contribution in [1.29, 1.82) is 0 Å². The highest BCUT2D eigenvalue weighted by Gasteiger charge is 2.70. The Morgan fingerprint density at radius 3 is 2.23 bits per heavy atom. The largest absolute Gasteiger partial charge is 0.346 e. The first-order valence-electron chi connectivity index (χ1n) is 19.0. The zero-order valence-electron chi connectivity index (χ0n) is 31.8. The van der Waals surface area contributed by atoms with E-state index in [1.54, 1.807) is 25.7 Å². The molecule has 5 fully saturated rings. The Kier molecular flexibility index (Phi) is 11.1. The van der Waals surface area contributed by atoms with Crippen LogP contribution in [0.5, 0.6) is 0 Å². The number of carbonyl (C=O) groups is 5. The number of carbonyl (C=O) groups excluding carboxylic acids is 5. The first-order chi connectivity index (χ1) is 24.2. The third-order valence-corrected chi connectivity index (χ3v) is 15.8. The van der Waals surface area contributed by atoms with Crippen LogP contribution in [0.25, 0.3) is 0 Å². The molecule has 4 saturated carbocycles. The summed E-state index contributed by atoms with van der Waals surface area (Å²) in [5.41, 5.74) is -1.76. The molecule has 0 bridgehead atoms. The molecule has 1 heterocycles. The average molecular weight is 742 g/mol. The number of nitrogens with zero attached hydrogens (tertiary/aromatic N) is 1. The van der Waals surface area contributed by atoms with E-state index in [9.17, 15) is 32.4 Å². The van der Waals surface area contributed by atoms with Crippen molar-refractivity contribution in [3.8, 4) is 12.3 Å². The van der Waals surface area contributed by atoms with Crippen LogP contribution in [-0.4, -0.2) is 90.1 Å². The molecule has 5 amide bonds. The smallest absolute Gasteiger partial charge is 0.315 e. The summed E-state index contributed by atoms with van der Waals surface area (Å²) in [4.78, 5) is 70.4. The first-order valence-corrected chi connectivity index (χ1v) is 20.6. The van der Waals surface area contributed by atoms with Crippen molar-refractivity contribution in [2.24, 2.45) is 34.5 Å². The maximum absolute atomic E-state index is 14.9. The number of ketones is 1. The molecule has 12 nitrogen and oxygen atoms in total. The fourth-order valence-electron chi connectivity index (χ4n) is 9.47. The Morgan fingerprint density at radius 1 is 1.02 bits per heavy atom. The van der Waals surface area contributed by atoms with E-state index in [4.69, 9.17) is 6.42 Å². The van der Waals surface area contributed by atoms with Crippen molar-refractivity contribution in [2.75, 3.05) is 18.8 Å². The third-order valence-electron chi connectivity index (χ3n) is 13.0. The van der Waals surface area contributed by atoms with Crippen molar-refractivity contribution in [3.63, 3.8) is 0 Å². The SMILES string of the molecule is C#CCCC(NC(=O)[C@@H]1[C@@H]2[C@H](CN1C(=O)[C@@H](NC(=O)NC1(CS(=O)(=O)C(C)(C)C)C[C@H]3C[C@H]3C1)C1(C)CCCCC1)C2(C)C)C(=O)C(=O)NCC=C. The number of hydrogen-bond acceptors (Lipinski definition) is 7. The number of nitrogens with one attached hydrogen (secondary N) is 4. The molecular weight excluding hydrogens is 683 g/mol. The molecule has 4 N–H and O–H groups in total. The highest BCUT2D eigenvalue weighted by atomic mass is 32.2. The van der Waals surface area contributed by atoms with Crippen LogP contribution in [-0.2, 0) is 29.0 Å². The lowest BCUT2D eigenvalue weighted by Crippen LogP contribution is -2.64. The Morgan fingerprint density at radius 2 is 1.65 bits per heavy atom. The molecule has 4 aliphatic carbocycles. The van der Waals surface area contributed by atoms with E-state index in [0.717, 1.165) is 25.7 Å². The van der Waals surface area contributed by atoms with E-state index in [1.807, 2.05) is 6.92 Å². The van der Waals surface area contributed by atoms with Crippen LogP contribution >= 0.6 is 0 Å². The third kappa shape index (κ3) is 7.92. The highest BCUT2D eigenvalue weighted by Crippen LogP contribution is 2.65. The van der Waals surface area contributed by atoms with E-state index < -0.39 is 67.3 Å². The van der Waals surface area contributed by atoms with Crippen LogP contribution in [0.1, 0.15) is 106 Å². The summed E-state index contributed by atoms with van der Waals surface area (Å²) in [5.74, 6) is 0.317. The van der Waals surface area contributed by atoms with Gasteiger partial charge in [0.05, 0.1) is 22.1 Å². The van der Waals surface area contributed by atoms with Gasteiger partial charge in [-0.3, -0.25) is 19.2 Å². The second-order valence-corrected chi connectivity index (χ2v) is 20.9. The van der Waals surface area contributed by atoms with Gasteiger partial charge in [0.15, 0.2) is 9.84 Å². The lowest BCUT2D eigenvalue weighted by atomic mass is 9.70. The number of fused-ring (bicyclic) bond motifs is 2. The second-order valence-electron chi connectivity index (χ2n) is 18.1. The van der Waals surface area contributed by atoms with Gasteiger partial charge < -0.3 is 26.2 Å². The van der Waals surface area contributed by atoms with Crippen molar-refractivity contribution < 1.29 is 32.4 Å². The fraction of sp³-hybridized carbons (Fsp3) is 0.769. The summed E-state index contributed by atoms with van der Waals surface area (Å²) < 4.78 is 25.9. The molecule has 0 aromatic heterocycles. The van der Waals surface area contributed by atoms with Gasteiger partial charge in [0.1, 0.15) is 12.1 Å². The van der Waals surface area contributed by atoms with E-state index in [0.29, 0.717) is 44.1 Å². The number of piperidine rings is 1. The number of Topliss-reactive ketones (excluding diaryl/α,β-unsaturated/α-hetero) is 1. The van der Waals surface area contributed by atoms with Gasteiger partial charge >= 0.3 is 6.03 Å². The average Bonchev–Trinajstić information content (AvgIpc) is 3.73. The minimum absolute atomic E-state index is 0.0349. The maximum Gasteiger partial charge on any atom is 0.315 e. The second kappa shape index (κ2) is 14.4. The number of sulfone groups is 1. The van der Waals surface area contributed by atoms with E-state index >= 15 is 0 Å². The molecule has 0 aromatic rings. The quantitative estimate of drug-likeness (QED) is 0.120. The van der Waals surface area contributed by atoms with E-state index in [-0.39, 0.29) is 48.3 Å². The maximum atomic E-state index is 14.9. The van der Waals surface area contributed by atoms with Gasteiger partial charge in [-0.05, 0) is 93.8 Å². The minimum atomic E-state index is -3.57. The summed E-state index contributed by atoms with van der Waals surface area (Å²) in [6.07, 6.45) is 13.5. The predicted octanol–water partition coefficient (Wildman–Crippen LogP) is 3.26. The van der Waals surface area contributed by atoms with Crippen LogP contribution < -0.4 is 21.3 Å². The number of urea groups is 1. The monoisotopic (exact) mass is 741 g/mol. The summed E-state index contributed by atoms with van der Waals surface area (Å²) in [7, 11) is -3.57. The van der Waals surface area contributed by atoms with Gasteiger partial charge in [0.2, 0.25) is 17.6 Å². The Labute approximate surface area is 309 Å². The van der Waals surface area contributed by atoms with Gasteiger partial charge in [-0.2, -0.15) is 0 Å². The number of amides is 5. The fourth-order valence-corrected chi connectivity index (χ4v) is 10.9. The molecular formula is C39H59N5O7S. The van der Waals surface area contributed by atoms with Gasteiger partial charge in [0.25, 0.3) is 5.91 Å². The molecule has 5 rings (SSSR count). The zero-order valence-corrected chi connectivity index (χ0v) is 32.6. The molecule has 1 saturated heterocycles. The zero-order chi connectivity index (χ0) is 38.4. The van der Waals surface area contributed by atoms with Crippen LogP contribution in [0.4, 0.5) is 4.79 Å². The molecule has 0 aromatic carbocycles. The topological polar surface area (TPSA) is 171 Å². The van der Waals surface area contributed by atoms with Gasteiger partial charge in [-0.1, -0.05) is 46.1 Å². The highest BCUT2D eigenvalue weighted by molar-refractivity contribution is 7.92. The molecule has 0 spiro atoms. The molecule has 2 unspecified atom stereocenters. The molecule has 1 aliphatic heterocycles. The normalized spacial score (nSPS) is 30.7. The Balaban J connectivity index is 1.40. The van der Waals surface area contributed by atoms with Gasteiger partial charge in [-0.15, -0.1) is 18.9 Å². The summed E-state index contributed by atoms with van der Waals surface area (Å²) in [6, 6.07) is -3.65. The Hall–Kier alpha value is -3.40. The van der Waals surface area contributed by atoms with Crippen molar-refractivity contribution >= 4 is 39.4 Å². The summed E-state index contributed by atoms with van der Waals surface area (Å²) in [5, 5.41) is 11.4. The van der Waals surface area contributed by atoms with Crippen molar-refractivity contribution in [1.82, 2.24) is 26.2 Å². The minimum Gasteiger partial charge on any atom is -0.346 e. The van der Waals surface area contributed by atoms with Crippen LogP contribution in [0, 0.1) is 46.8 Å². The molecule has 288 valence electrons. The number of rotatable bonds is 14. The molecule has 13 heteroatoms.